The summed E-state index contributed by atoms with van der Waals surface area (Å²) in [6, 6.07) is 6.51. The number of rotatable bonds is 5. The van der Waals surface area contributed by atoms with Crippen LogP contribution in [0, 0.1) is 18.7 Å². The van der Waals surface area contributed by atoms with Crippen molar-refractivity contribution in [2.75, 3.05) is 0 Å². The van der Waals surface area contributed by atoms with E-state index in [2.05, 4.69) is 0 Å². The van der Waals surface area contributed by atoms with Gasteiger partial charge in [0.05, 0.1) is 10.5 Å². The van der Waals surface area contributed by atoms with E-state index in [0.29, 0.717) is 6.42 Å². The molecule has 0 radical (unpaired) electrons. The third kappa shape index (κ3) is 3.57. The van der Waals surface area contributed by atoms with E-state index < -0.39 is 39.1 Å². The van der Waals surface area contributed by atoms with E-state index in [0.717, 1.165) is 28.0 Å². The monoisotopic (exact) mass is 382 g/mol. The molecule has 1 aromatic heterocycles. The van der Waals surface area contributed by atoms with Crippen LogP contribution in [-0.4, -0.2) is 20.2 Å². The van der Waals surface area contributed by atoms with Crippen molar-refractivity contribution in [2.45, 2.75) is 24.2 Å². The number of hydrogen-bond donors (Lipinski definition) is 2. The van der Waals surface area contributed by atoms with Crippen LogP contribution in [0.15, 0.2) is 35.2 Å². The average Bonchev–Trinajstić information content (AvgIpc) is 3.22. The van der Waals surface area contributed by atoms with Gasteiger partial charge in [-0.1, -0.05) is 0 Å². The number of carbonyl (C=O) groups is 2. The number of sulfonamides is 1. The molecule has 132 valence electrons. The van der Waals surface area contributed by atoms with Gasteiger partial charge < -0.3 is 5.73 Å². The highest BCUT2D eigenvalue weighted by atomic mass is 32.2. The molecule has 0 spiro atoms. The number of primary amides is 1. The third-order valence-corrected chi connectivity index (χ3v) is 6.48. The summed E-state index contributed by atoms with van der Waals surface area (Å²) < 4.78 is 40.1. The normalized spacial score (nSPS) is 19.4. The van der Waals surface area contributed by atoms with Gasteiger partial charge in [0.25, 0.3) is 15.9 Å². The van der Waals surface area contributed by atoms with Crippen molar-refractivity contribution in [1.82, 2.24) is 4.72 Å². The van der Waals surface area contributed by atoms with Gasteiger partial charge in [-0.25, -0.2) is 17.5 Å². The fourth-order valence-corrected chi connectivity index (χ4v) is 4.69. The number of nitrogens with two attached hydrogens (primary N) is 1. The smallest absolute Gasteiger partial charge is 0.264 e. The fraction of sp³-hybridized carbons (Fsp3) is 0.250. The third-order valence-electron chi connectivity index (χ3n) is 4.00. The molecular formula is C16H15FN2O4S2. The van der Waals surface area contributed by atoms with Gasteiger partial charge in [-0.05, 0) is 43.7 Å². The maximum Gasteiger partial charge on any atom is 0.264 e. The number of carbonyl (C=O) groups excluding carboxylic acids is 2. The topological polar surface area (TPSA) is 106 Å². The Morgan fingerprint density at radius 2 is 2.00 bits per heavy atom. The van der Waals surface area contributed by atoms with Gasteiger partial charge in [-0.2, -0.15) is 0 Å². The summed E-state index contributed by atoms with van der Waals surface area (Å²) in [5.41, 5.74) is 4.46. The van der Waals surface area contributed by atoms with Crippen LogP contribution in [0.5, 0.6) is 0 Å². The molecule has 0 bridgehead atoms. The lowest BCUT2D eigenvalue weighted by Gasteiger charge is -2.08. The SMILES string of the molecule is Cc1ccc([C@@H]2C[C@H]2C(=O)NS(=O)(=O)c2ccc(F)c(C(N)=O)c2)s1. The summed E-state index contributed by atoms with van der Waals surface area (Å²) in [7, 11) is -4.21. The molecule has 2 amide bonds. The molecule has 0 saturated heterocycles. The van der Waals surface area contributed by atoms with Gasteiger partial charge >= 0.3 is 0 Å². The Balaban J connectivity index is 1.75. The molecule has 3 N–H and O–H groups in total. The van der Waals surface area contributed by atoms with Crippen molar-refractivity contribution in [3.05, 3.63) is 51.5 Å². The lowest BCUT2D eigenvalue weighted by molar-refractivity contribution is -0.120. The van der Waals surface area contributed by atoms with Crippen molar-refractivity contribution < 1.29 is 22.4 Å². The Morgan fingerprint density at radius 1 is 1.28 bits per heavy atom. The minimum absolute atomic E-state index is 0.0169. The second kappa shape index (κ2) is 6.23. The largest absolute Gasteiger partial charge is 0.366 e. The highest BCUT2D eigenvalue weighted by molar-refractivity contribution is 7.90. The molecule has 25 heavy (non-hydrogen) atoms. The Labute approximate surface area is 147 Å². The van der Waals surface area contributed by atoms with Gasteiger partial charge in [0.2, 0.25) is 5.91 Å². The molecule has 1 aliphatic carbocycles. The first-order valence-corrected chi connectivity index (χ1v) is 9.71. The number of aryl methyl sites for hydroxylation is 1. The Hall–Kier alpha value is -2.26. The van der Waals surface area contributed by atoms with Gasteiger partial charge in [-0.15, -0.1) is 11.3 Å². The molecule has 1 saturated carbocycles. The van der Waals surface area contributed by atoms with Crippen LogP contribution >= 0.6 is 11.3 Å². The summed E-state index contributed by atoms with van der Waals surface area (Å²) >= 11 is 1.58. The molecule has 1 aliphatic rings. The molecule has 0 aliphatic heterocycles. The van der Waals surface area contributed by atoms with Crippen LogP contribution < -0.4 is 10.5 Å². The van der Waals surface area contributed by atoms with Crippen molar-refractivity contribution in [1.29, 1.82) is 0 Å². The zero-order valence-corrected chi connectivity index (χ0v) is 14.8. The Bertz CT molecular complexity index is 968. The van der Waals surface area contributed by atoms with E-state index in [-0.39, 0.29) is 10.8 Å². The van der Waals surface area contributed by atoms with Crippen LogP contribution in [0.25, 0.3) is 0 Å². The number of halogens is 1. The summed E-state index contributed by atoms with van der Waals surface area (Å²) in [6.45, 7) is 1.96. The van der Waals surface area contributed by atoms with Crippen molar-refractivity contribution in [3.63, 3.8) is 0 Å². The zero-order chi connectivity index (χ0) is 18.4. The summed E-state index contributed by atoms with van der Waals surface area (Å²) in [4.78, 5) is 25.1. The number of benzene rings is 1. The van der Waals surface area contributed by atoms with Gasteiger partial charge in [0.1, 0.15) is 5.82 Å². The minimum atomic E-state index is -4.21. The van der Waals surface area contributed by atoms with Crippen LogP contribution in [0.4, 0.5) is 4.39 Å². The van der Waals surface area contributed by atoms with Crippen LogP contribution in [0.1, 0.15) is 32.5 Å². The standard InChI is InChI=1S/C16H15FN2O4S2/c1-8-2-5-14(24-8)10-7-11(10)16(21)19-25(22,23)9-3-4-13(17)12(6-9)15(18)20/h2-6,10-11H,7H2,1H3,(H2,18,20)(H,19,21)/t10-,11-/m1/s1. The summed E-state index contributed by atoms with van der Waals surface area (Å²) in [6.07, 6.45) is 0.581. The van der Waals surface area contributed by atoms with Crippen molar-refractivity contribution >= 4 is 33.2 Å². The van der Waals surface area contributed by atoms with E-state index in [4.69, 9.17) is 5.73 Å². The molecule has 1 heterocycles. The molecular weight excluding hydrogens is 367 g/mol. The maximum absolute atomic E-state index is 13.5. The van der Waals surface area contributed by atoms with E-state index >= 15 is 0 Å². The number of nitrogens with one attached hydrogen (secondary N) is 1. The van der Waals surface area contributed by atoms with E-state index in [1.807, 2.05) is 23.8 Å². The first-order valence-electron chi connectivity index (χ1n) is 7.41. The lowest BCUT2D eigenvalue weighted by atomic mass is 10.2. The van der Waals surface area contributed by atoms with Gasteiger partial charge in [-0.3, -0.25) is 9.59 Å². The highest BCUT2D eigenvalue weighted by Crippen LogP contribution is 2.49. The van der Waals surface area contributed by atoms with Crippen LogP contribution in [0.2, 0.25) is 0 Å². The predicted molar refractivity (Wildman–Crippen MR) is 90.2 cm³/mol. The Kier molecular flexibility index (Phi) is 4.38. The molecule has 1 aromatic carbocycles. The Morgan fingerprint density at radius 3 is 2.60 bits per heavy atom. The quantitative estimate of drug-likeness (QED) is 0.824. The molecule has 2 aromatic rings. The number of thiophene rings is 1. The van der Waals surface area contributed by atoms with E-state index in [1.165, 1.54) is 0 Å². The maximum atomic E-state index is 13.5. The summed E-state index contributed by atoms with van der Waals surface area (Å²) in [5.74, 6) is -3.02. The number of amides is 2. The molecule has 1 fully saturated rings. The highest BCUT2D eigenvalue weighted by Gasteiger charge is 2.45. The molecule has 6 nitrogen and oxygen atoms in total. The second-order valence-corrected chi connectivity index (χ2v) is 8.87. The van der Waals surface area contributed by atoms with Crippen LogP contribution in [-0.2, 0) is 14.8 Å². The lowest BCUT2D eigenvalue weighted by Crippen LogP contribution is -2.32. The zero-order valence-electron chi connectivity index (χ0n) is 13.2. The van der Waals surface area contributed by atoms with Gasteiger partial charge in [0, 0.05) is 21.6 Å². The first-order chi connectivity index (χ1) is 11.7. The fourth-order valence-electron chi connectivity index (χ4n) is 2.58. The average molecular weight is 382 g/mol. The second-order valence-electron chi connectivity index (χ2n) is 5.87. The molecule has 2 atom stereocenters. The van der Waals surface area contributed by atoms with Crippen molar-refractivity contribution in [2.24, 2.45) is 11.7 Å². The predicted octanol–water partition coefficient (Wildman–Crippen LogP) is 1.90. The summed E-state index contributed by atoms with van der Waals surface area (Å²) in [5, 5.41) is 0. The number of hydrogen-bond acceptors (Lipinski definition) is 5. The molecule has 3 rings (SSSR count). The first kappa shape index (κ1) is 17.6. The van der Waals surface area contributed by atoms with E-state index in [9.17, 15) is 22.4 Å². The van der Waals surface area contributed by atoms with E-state index in [1.54, 1.807) is 11.3 Å². The van der Waals surface area contributed by atoms with Crippen molar-refractivity contribution in [3.8, 4) is 0 Å². The van der Waals surface area contributed by atoms with Gasteiger partial charge in [0.15, 0.2) is 0 Å². The van der Waals surface area contributed by atoms with Crippen LogP contribution in [0.3, 0.4) is 0 Å². The molecule has 9 heteroatoms. The molecule has 0 unspecified atom stereocenters. The minimum Gasteiger partial charge on any atom is -0.366 e.